The Labute approximate surface area is 187 Å². The third-order valence-corrected chi connectivity index (χ3v) is 4.71. The number of aromatic nitrogens is 2. The number of nitrogens with one attached hydrogen (secondary N) is 1. The van der Waals surface area contributed by atoms with E-state index < -0.39 is 11.4 Å². The third kappa shape index (κ3) is 5.63. The maximum Gasteiger partial charge on any atom is 0.410 e. The first-order valence-electron chi connectivity index (χ1n) is 10.6. The molecule has 3 aromatic rings. The van der Waals surface area contributed by atoms with Gasteiger partial charge in [0.25, 0.3) is 0 Å². The van der Waals surface area contributed by atoms with Crippen molar-refractivity contribution in [1.29, 1.82) is 0 Å². The number of fused-ring (bicyclic) bond motifs is 1. The van der Waals surface area contributed by atoms with Crippen LogP contribution in [0.5, 0.6) is 5.75 Å². The highest BCUT2D eigenvalue weighted by atomic mass is 19.1. The normalized spacial score (nSPS) is 12.4. The Kier molecular flexibility index (Phi) is 6.81. The average molecular weight is 441 g/mol. The van der Waals surface area contributed by atoms with E-state index in [0.29, 0.717) is 24.4 Å². The number of para-hydroxylation sites is 1. The molecule has 3 rings (SSSR count). The number of anilines is 1. The Morgan fingerprint density at radius 3 is 2.62 bits per heavy atom. The Balaban J connectivity index is 1.90. The second kappa shape index (κ2) is 9.38. The largest absolute Gasteiger partial charge is 0.507 e. The predicted molar refractivity (Wildman–Crippen MR) is 123 cm³/mol. The highest BCUT2D eigenvalue weighted by Crippen LogP contribution is 2.31. The van der Waals surface area contributed by atoms with Gasteiger partial charge in [0.2, 0.25) is 0 Å². The molecule has 0 radical (unpaired) electrons. The smallest absolute Gasteiger partial charge is 0.410 e. The summed E-state index contributed by atoms with van der Waals surface area (Å²) < 4.78 is 19.3. The van der Waals surface area contributed by atoms with E-state index in [1.807, 2.05) is 58.9 Å². The van der Waals surface area contributed by atoms with Gasteiger partial charge in [-0.1, -0.05) is 12.1 Å². The van der Waals surface area contributed by atoms with Crippen LogP contribution in [0, 0.1) is 5.82 Å². The highest BCUT2D eigenvalue weighted by molar-refractivity contribution is 5.91. The maximum absolute atomic E-state index is 13.8. The van der Waals surface area contributed by atoms with Crippen LogP contribution in [0.1, 0.15) is 34.6 Å². The fourth-order valence-corrected chi connectivity index (χ4v) is 3.26. The number of halogens is 1. The fraction of sp³-hybridized carbons (Fsp3) is 0.375. The van der Waals surface area contributed by atoms with Crippen molar-refractivity contribution in [2.24, 2.45) is 0 Å². The van der Waals surface area contributed by atoms with Crippen molar-refractivity contribution >= 4 is 22.8 Å². The molecule has 0 aliphatic carbocycles. The van der Waals surface area contributed by atoms with Gasteiger partial charge in [-0.15, -0.1) is 0 Å². The molecule has 0 saturated heterocycles. The van der Waals surface area contributed by atoms with Gasteiger partial charge in [-0.05, 0) is 65.0 Å². The van der Waals surface area contributed by atoms with Crippen molar-refractivity contribution in [3.8, 4) is 17.1 Å². The summed E-state index contributed by atoms with van der Waals surface area (Å²) >= 11 is 0. The van der Waals surface area contributed by atoms with Gasteiger partial charge in [0, 0.05) is 24.5 Å². The molecule has 0 fully saturated rings. The maximum atomic E-state index is 13.8. The molecule has 0 saturated carbocycles. The van der Waals surface area contributed by atoms with Gasteiger partial charge >= 0.3 is 6.09 Å². The van der Waals surface area contributed by atoms with Crippen molar-refractivity contribution in [1.82, 2.24) is 14.9 Å². The Morgan fingerprint density at radius 2 is 1.94 bits per heavy atom. The summed E-state index contributed by atoms with van der Waals surface area (Å²) in [6.45, 7) is 10.2. The Hall–Kier alpha value is -3.42. The van der Waals surface area contributed by atoms with Crippen LogP contribution in [-0.4, -0.2) is 50.8 Å². The van der Waals surface area contributed by atoms with Crippen LogP contribution in [0.4, 0.5) is 15.0 Å². The van der Waals surface area contributed by atoms with Gasteiger partial charge < -0.3 is 20.1 Å². The number of aromatic hydroxyl groups is 1. The van der Waals surface area contributed by atoms with Crippen molar-refractivity contribution in [3.63, 3.8) is 0 Å². The topological polar surface area (TPSA) is 87.6 Å². The standard InChI is InChI=1S/C24H29FN4O3/c1-6-29(23(31)32-24(3,4)5)14-15(2)26-21-17-9-7-8-10-19(17)27-22(28-21)18-13-16(25)11-12-20(18)30/h7-13,15,30H,6,14H2,1-5H3,(H,26,27,28). The van der Waals surface area contributed by atoms with Crippen LogP contribution >= 0.6 is 0 Å². The number of nitrogens with zero attached hydrogens (tertiary/aromatic N) is 3. The van der Waals surface area contributed by atoms with Crippen LogP contribution < -0.4 is 5.32 Å². The van der Waals surface area contributed by atoms with E-state index in [1.165, 1.54) is 18.2 Å². The number of benzene rings is 2. The number of rotatable bonds is 6. The first-order valence-corrected chi connectivity index (χ1v) is 10.6. The van der Waals surface area contributed by atoms with Crippen LogP contribution in [0.2, 0.25) is 0 Å². The van der Waals surface area contributed by atoms with Gasteiger partial charge in [0.05, 0.1) is 11.1 Å². The van der Waals surface area contributed by atoms with E-state index in [-0.39, 0.29) is 29.3 Å². The lowest BCUT2D eigenvalue weighted by atomic mass is 10.1. The SMILES string of the molecule is CCN(CC(C)Nc1nc(-c2cc(F)ccc2O)nc2ccccc12)C(=O)OC(C)(C)C. The molecule has 1 amide bonds. The average Bonchev–Trinajstić information content (AvgIpc) is 2.72. The number of carbonyl (C=O) groups excluding carboxylic acids is 1. The summed E-state index contributed by atoms with van der Waals surface area (Å²) in [6, 6.07) is 10.9. The number of phenolic OH excluding ortho intramolecular Hbond substituents is 1. The van der Waals surface area contributed by atoms with Crippen molar-refractivity contribution in [2.45, 2.75) is 46.3 Å². The van der Waals surface area contributed by atoms with Gasteiger partial charge in [-0.25, -0.2) is 19.2 Å². The second-order valence-electron chi connectivity index (χ2n) is 8.64. The molecule has 0 aliphatic rings. The minimum atomic E-state index is -0.577. The van der Waals surface area contributed by atoms with E-state index in [0.717, 1.165) is 5.39 Å². The van der Waals surface area contributed by atoms with Crippen molar-refractivity contribution in [3.05, 3.63) is 48.3 Å². The first kappa shape index (κ1) is 23.2. The molecule has 0 spiro atoms. The van der Waals surface area contributed by atoms with Gasteiger partial charge in [-0.2, -0.15) is 0 Å². The lowest BCUT2D eigenvalue weighted by molar-refractivity contribution is 0.0255. The van der Waals surface area contributed by atoms with Crippen LogP contribution in [0.3, 0.4) is 0 Å². The Bertz CT molecular complexity index is 1110. The van der Waals surface area contributed by atoms with Crippen molar-refractivity contribution < 1.29 is 19.0 Å². The zero-order valence-corrected chi connectivity index (χ0v) is 19.0. The quantitative estimate of drug-likeness (QED) is 0.548. The molecule has 2 aromatic carbocycles. The summed E-state index contributed by atoms with van der Waals surface area (Å²) in [5.41, 5.74) is 0.275. The van der Waals surface area contributed by atoms with E-state index in [4.69, 9.17) is 4.74 Å². The molecule has 1 heterocycles. The molecular weight excluding hydrogens is 411 g/mol. The third-order valence-electron chi connectivity index (χ3n) is 4.71. The van der Waals surface area contributed by atoms with E-state index in [9.17, 15) is 14.3 Å². The zero-order valence-electron chi connectivity index (χ0n) is 19.0. The number of carbonyl (C=O) groups is 1. The van der Waals surface area contributed by atoms with Crippen LogP contribution in [0.25, 0.3) is 22.3 Å². The summed E-state index contributed by atoms with van der Waals surface area (Å²) in [5, 5.41) is 14.3. The molecular formula is C24H29FN4O3. The molecule has 1 aromatic heterocycles. The number of hydrogen-bond acceptors (Lipinski definition) is 6. The van der Waals surface area contributed by atoms with Gasteiger partial charge in [-0.3, -0.25) is 0 Å². The van der Waals surface area contributed by atoms with Crippen molar-refractivity contribution in [2.75, 3.05) is 18.4 Å². The predicted octanol–water partition coefficient (Wildman–Crippen LogP) is 5.20. The number of phenols is 1. The monoisotopic (exact) mass is 440 g/mol. The molecule has 7 nitrogen and oxygen atoms in total. The fourth-order valence-electron chi connectivity index (χ4n) is 3.26. The number of amides is 1. The molecule has 170 valence electrons. The van der Waals surface area contributed by atoms with Crippen LogP contribution in [-0.2, 0) is 4.74 Å². The number of likely N-dealkylation sites (N-methyl/N-ethyl adjacent to an activating group) is 1. The highest BCUT2D eigenvalue weighted by Gasteiger charge is 2.23. The molecule has 0 bridgehead atoms. The Morgan fingerprint density at radius 1 is 1.22 bits per heavy atom. The minimum Gasteiger partial charge on any atom is -0.507 e. The van der Waals surface area contributed by atoms with E-state index in [2.05, 4.69) is 15.3 Å². The van der Waals surface area contributed by atoms with Crippen LogP contribution in [0.15, 0.2) is 42.5 Å². The van der Waals surface area contributed by atoms with E-state index >= 15 is 0 Å². The molecule has 2 N–H and O–H groups in total. The van der Waals surface area contributed by atoms with Gasteiger partial charge in [0.1, 0.15) is 23.0 Å². The molecule has 1 unspecified atom stereocenters. The van der Waals surface area contributed by atoms with E-state index in [1.54, 1.807) is 4.90 Å². The minimum absolute atomic E-state index is 0.109. The number of ether oxygens (including phenoxy) is 1. The summed E-state index contributed by atoms with van der Waals surface area (Å²) in [7, 11) is 0. The second-order valence-corrected chi connectivity index (χ2v) is 8.64. The lowest BCUT2D eigenvalue weighted by Gasteiger charge is -2.29. The summed E-state index contributed by atoms with van der Waals surface area (Å²) in [5.74, 6) is 0.132. The van der Waals surface area contributed by atoms with Gasteiger partial charge in [0.15, 0.2) is 5.82 Å². The lowest BCUT2D eigenvalue weighted by Crippen LogP contribution is -2.42. The molecule has 1 atom stereocenters. The number of hydrogen-bond donors (Lipinski definition) is 2. The summed E-state index contributed by atoms with van der Waals surface area (Å²) in [6.07, 6.45) is -0.383. The zero-order chi connectivity index (χ0) is 23.5. The first-order chi connectivity index (χ1) is 15.1. The molecule has 8 heteroatoms. The molecule has 32 heavy (non-hydrogen) atoms. The summed E-state index contributed by atoms with van der Waals surface area (Å²) in [4.78, 5) is 23.2. The molecule has 0 aliphatic heterocycles.